The number of furan rings is 1. The molecule has 0 radical (unpaired) electrons. The van der Waals surface area contributed by atoms with Gasteiger partial charge in [-0.2, -0.15) is 5.10 Å². The lowest BCUT2D eigenvalue weighted by molar-refractivity contribution is 0.0600. The van der Waals surface area contributed by atoms with Crippen LogP contribution >= 0.6 is 0 Å². The summed E-state index contributed by atoms with van der Waals surface area (Å²) in [6, 6.07) is 3.67. The van der Waals surface area contributed by atoms with Crippen molar-refractivity contribution < 1.29 is 13.9 Å². The third kappa shape index (κ3) is 3.69. The molecule has 2 aromatic heterocycles. The van der Waals surface area contributed by atoms with Crippen molar-refractivity contribution in [3.8, 4) is 0 Å². The number of carbonyl (C=O) groups excluding carboxylic acids is 1. The highest BCUT2D eigenvalue weighted by Crippen LogP contribution is 2.08. The van der Waals surface area contributed by atoms with E-state index < -0.39 is 0 Å². The summed E-state index contributed by atoms with van der Waals surface area (Å²) < 4.78 is 11.6. The van der Waals surface area contributed by atoms with Gasteiger partial charge in [0.25, 0.3) is 0 Å². The van der Waals surface area contributed by atoms with Gasteiger partial charge in [0.05, 0.1) is 24.9 Å². The molecule has 102 valence electrons. The molecule has 0 spiro atoms. The lowest BCUT2D eigenvalue weighted by Crippen LogP contribution is -2.16. The summed E-state index contributed by atoms with van der Waals surface area (Å²) in [7, 11) is 3.24. The third-order valence-electron chi connectivity index (χ3n) is 2.70. The Morgan fingerprint density at radius 1 is 1.58 bits per heavy atom. The van der Waals surface area contributed by atoms with Crippen LogP contribution in [0, 0.1) is 0 Å². The minimum Gasteiger partial charge on any atom is -0.467 e. The van der Waals surface area contributed by atoms with E-state index in [0.29, 0.717) is 17.9 Å². The van der Waals surface area contributed by atoms with Crippen LogP contribution < -0.4 is 5.32 Å². The Morgan fingerprint density at radius 3 is 3.11 bits per heavy atom. The molecule has 0 amide bonds. The first kappa shape index (κ1) is 13.4. The Morgan fingerprint density at radius 2 is 2.42 bits per heavy atom. The van der Waals surface area contributed by atoms with Crippen molar-refractivity contribution in [2.24, 2.45) is 7.05 Å². The molecule has 0 aromatic carbocycles. The molecule has 0 saturated carbocycles. The number of nitrogens with one attached hydrogen (secondary N) is 1. The number of esters is 1. The Bertz CT molecular complexity index is 545. The maximum Gasteiger partial charge on any atom is 0.341 e. The molecule has 19 heavy (non-hydrogen) atoms. The summed E-state index contributed by atoms with van der Waals surface area (Å²) in [5.41, 5.74) is 1.48. The first-order chi connectivity index (χ1) is 9.19. The quantitative estimate of drug-likeness (QED) is 0.625. The molecule has 0 aliphatic rings. The Kier molecular flexibility index (Phi) is 4.35. The second-order valence-electron chi connectivity index (χ2n) is 4.20. The first-order valence-corrected chi connectivity index (χ1v) is 6.04. The van der Waals surface area contributed by atoms with E-state index >= 15 is 0 Å². The third-order valence-corrected chi connectivity index (χ3v) is 2.70. The second-order valence-corrected chi connectivity index (χ2v) is 4.20. The van der Waals surface area contributed by atoms with Crippen LogP contribution in [0.15, 0.2) is 29.0 Å². The number of nitrogens with zero attached hydrogens (tertiary/aromatic N) is 2. The summed E-state index contributed by atoms with van der Waals surface area (Å²) in [5.74, 6) is 0.324. The van der Waals surface area contributed by atoms with Crippen molar-refractivity contribution in [3.63, 3.8) is 0 Å². The lowest BCUT2D eigenvalue weighted by Gasteiger charge is -2.00. The molecule has 0 aliphatic heterocycles. The smallest absolute Gasteiger partial charge is 0.341 e. The van der Waals surface area contributed by atoms with Crippen LogP contribution in [0.4, 0.5) is 0 Å². The molecule has 6 nitrogen and oxygen atoms in total. The van der Waals surface area contributed by atoms with Gasteiger partial charge >= 0.3 is 5.97 Å². The van der Waals surface area contributed by atoms with E-state index in [1.54, 1.807) is 10.7 Å². The zero-order chi connectivity index (χ0) is 13.7. The Hall–Kier alpha value is -2.08. The van der Waals surface area contributed by atoms with Gasteiger partial charge in [0, 0.05) is 26.2 Å². The van der Waals surface area contributed by atoms with Crippen molar-refractivity contribution in [2.45, 2.75) is 13.0 Å². The van der Waals surface area contributed by atoms with Gasteiger partial charge in [-0.3, -0.25) is 4.68 Å². The van der Waals surface area contributed by atoms with Crippen LogP contribution in [0.2, 0.25) is 0 Å². The number of carbonyl (C=O) groups is 1. The molecule has 6 heteroatoms. The van der Waals surface area contributed by atoms with Crippen LogP contribution in [0.5, 0.6) is 0 Å². The van der Waals surface area contributed by atoms with E-state index in [2.05, 4.69) is 15.2 Å². The fourth-order valence-corrected chi connectivity index (χ4v) is 1.72. The van der Waals surface area contributed by atoms with E-state index in [1.807, 2.05) is 19.3 Å². The largest absolute Gasteiger partial charge is 0.467 e. The molecule has 0 unspecified atom stereocenters. The second kappa shape index (κ2) is 6.19. The highest BCUT2D eigenvalue weighted by Gasteiger charge is 2.09. The standard InChI is InChI=1S/C13H17N3O3/c1-16-6-4-11(15-16)3-5-14-8-12-7-10(9-19-12)13(17)18-2/h4,6-7,9,14H,3,5,8H2,1-2H3. The van der Waals surface area contributed by atoms with Crippen molar-refractivity contribution in [1.82, 2.24) is 15.1 Å². The van der Waals surface area contributed by atoms with Crippen molar-refractivity contribution >= 4 is 5.97 Å². The maximum atomic E-state index is 11.2. The Balaban J connectivity index is 1.73. The van der Waals surface area contributed by atoms with E-state index in [1.165, 1.54) is 13.4 Å². The molecule has 2 heterocycles. The topological polar surface area (TPSA) is 69.3 Å². The number of hydrogen-bond acceptors (Lipinski definition) is 5. The highest BCUT2D eigenvalue weighted by atomic mass is 16.5. The molecule has 0 saturated heterocycles. The normalized spacial score (nSPS) is 10.6. The molecule has 0 bridgehead atoms. The monoisotopic (exact) mass is 263 g/mol. The number of methoxy groups -OCH3 is 1. The van der Waals surface area contributed by atoms with Gasteiger partial charge in [0.2, 0.25) is 0 Å². The molecular formula is C13H17N3O3. The molecule has 0 fully saturated rings. The van der Waals surface area contributed by atoms with Crippen LogP contribution in [0.25, 0.3) is 0 Å². The molecule has 2 aromatic rings. The summed E-state index contributed by atoms with van der Waals surface area (Å²) >= 11 is 0. The van der Waals surface area contributed by atoms with Gasteiger partial charge in [0.15, 0.2) is 0 Å². The number of rotatable bonds is 6. The average molecular weight is 263 g/mol. The van der Waals surface area contributed by atoms with Crippen LogP contribution in [0.1, 0.15) is 21.8 Å². The predicted molar refractivity (Wildman–Crippen MR) is 68.7 cm³/mol. The molecule has 2 rings (SSSR count). The molecular weight excluding hydrogens is 246 g/mol. The van der Waals surface area contributed by atoms with Gasteiger partial charge < -0.3 is 14.5 Å². The predicted octanol–water partition coefficient (Wildman–Crippen LogP) is 1.13. The van der Waals surface area contributed by atoms with Crippen LogP contribution in [0.3, 0.4) is 0 Å². The highest BCUT2D eigenvalue weighted by molar-refractivity contribution is 5.88. The van der Waals surface area contributed by atoms with E-state index in [4.69, 9.17) is 4.42 Å². The van der Waals surface area contributed by atoms with E-state index in [-0.39, 0.29) is 5.97 Å². The molecule has 1 N–H and O–H groups in total. The zero-order valence-electron chi connectivity index (χ0n) is 11.0. The first-order valence-electron chi connectivity index (χ1n) is 6.04. The number of hydrogen-bond donors (Lipinski definition) is 1. The van der Waals surface area contributed by atoms with Crippen molar-refractivity contribution in [2.75, 3.05) is 13.7 Å². The van der Waals surface area contributed by atoms with E-state index in [9.17, 15) is 4.79 Å². The fraction of sp³-hybridized carbons (Fsp3) is 0.385. The maximum absolute atomic E-state index is 11.2. The molecule has 0 aliphatic carbocycles. The van der Waals surface area contributed by atoms with Crippen LogP contribution in [-0.4, -0.2) is 29.4 Å². The minimum absolute atomic E-state index is 0.386. The van der Waals surface area contributed by atoms with Gasteiger partial charge in [-0.05, 0) is 12.1 Å². The van der Waals surface area contributed by atoms with Gasteiger partial charge in [-0.1, -0.05) is 0 Å². The minimum atomic E-state index is -0.386. The Labute approximate surface area is 111 Å². The van der Waals surface area contributed by atoms with Gasteiger partial charge in [-0.25, -0.2) is 4.79 Å². The fourth-order valence-electron chi connectivity index (χ4n) is 1.72. The average Bonchev–Trinajstić information content (AvgIpc) is 3.03. The summed E-state index contributed by atoms with van der Waals surface area (Å²) in [6.45, 7) is 1.37. The number of ether oxygens (including phenoxy) is 1. The van der Waals surface area contributed by atoms with Crippen molar-refractivity contribution in [1.29, 1.82) is 0 Å². The van der Waals surface area contributed by atoms with E-state index in [0.717, 1.165) is 18.7 Å². The number of aromatic nitrogens is 2. The summed E-state index contributed by atoms with van der Waals surface area (Å²) in [5, 5.41) is 7.52. The summed E-state index contributed by atoms with van der Waals surface area (Å²) in [6.07, 6.45) is 4.18. The van der Waals surface area contributed by atoms with Gasteiger partial charge in [-0.15, -0.1) is 0 Å². The summed E-state index contributed by atoms with van der Waals surface area (Å²) in [4.78, 5) is 11.2. The lowest BCUT2D eigenvalue weighted by atomic mass is 10.3. The number of aryl methyl sites for hydroxylation is 1. The zero-order valence-corrected chi connectivity index (χ0v) is 11.0. The molecule has 0 atom stereocenters. The van der Waals surface area contributed by atoms with Crippen molar-refractivity contribution in [3.05, 3.63) is 41.6 Å². The van der Waals surface area contributed by atoms with Gasteiger partial charge in [0.1, 0.15) is 12.0 Å². The SMILES string of the molecule is COC(=O)c1coc(CNCCc2ccn(C)n2)c1. The van der Waals surface area contributed by atoms with Crippen LogP contribution in [-0.2, 0) is 24.8 Å².